The van der Waals surface area contributed by atoms with E-state index in [-0.39, 0.29) is 0 Å². The van der Waals surface area contributed by atoms with E-state index in [4.69, 9.17) is 0 Å². The summed E-state index contributed by atoms with van der Waals surface area (Å²) >= 11 is 0. The van der Waals surface area contributed by atoms with Crippen LogP contribution in [0.5, 0.6) is 0 Å². The number of nitrogens with one attached hydrogen (secondary N) is 2. The van der Waals surface area contributed by atoms with Gasteiger partial charge in [-0.3, -0.25) is 0 Å². The normalized spacial score (nSPS) is 45.0. The van der Waals surface area contributed by atoms with Gasteiger partial charge in [0.1, 0.15) is 18.4 Å². The molecule has 6 rings (SSSR count). The minimum atomic E-state index is -0.477. The van der Waals surface area contributed by atoms with Crippen molar-refractivity contribution in [3.63, 3.8) is 0 Å². The number of anilines is 1. The highest BCUT2D eigenvalue weighted by Gasteiger charge is 2.77. The van der Waals surface area contributed by atoms with Crippen molar-refractivity contribution in [1.29, 1.82) is 0 Å². The fourth-order valence-electron chi connectivity index (χ4n) is 6.99. The molecule has 0 amide bonds. The van der Waals surface area contributed by atoms with E-state index in [2.05, 4.69) is 20.6 Å². The van der Waals surface area contributed by atoms with Gasteiger partial charge < -0.3 is 15.7 Å². The molecule has 1 aliphatic heterocycles. The Hall–Kier alpha value is -1.20. The Labute approximate surface area is 142 Å². The van der Waals surface area contributed by atoms with Crippen molar-refractivity contribution >= 4 is 5.82 Å². The topological polar surface area (TPSA) is 70.1 Å². The Balaban J connectivity index is 1.19. The molecule has 0 aromatic carbocycles. The average Bonchev–Trinajstić information content (AvgIpc) is 3.43. The van der Waals surface area contributed by atoms with E-state index in [1.54, 1.807) is 6.33 Å². The van der Waals surface area contributed by atoms with Gasteiger partial charge in [-0.1, -0.05) is 0 Å². The maximum atomic E-state index is 10.8. The summed E-state index contributed by atoms with van der Waals surface area (Å²) in [7, 11) is 0. The van der Waals surface area contributed by atoms with Crippen LogP contribution in [0.3, 0.4) is 0 Å². The number of aliphatic hydroxyl groups is 1. The number of aromatic nitrogens is 2. The molecule has 2 bridgehead atoms. The molecule has 0 saturated heterocycles. The monoisotopic (exact) mass is 326 g/mol. The van der Waals surface area contributed by atoms with Gasteiger partial charge in [-0.25, -0.2) is 9.97 Å². The highest BCUT2D eigenvalue weighted by molar-refractivity contribution is 5.47. The average molecular weight is 326 g/mol. The van der Waals surface area contributed by atoms with Crippen LogP contribution in [0.1, 0.15) is 49.8 Å². The zero-order valence-corrected chi connectivity index (χ0v) is 14.1. The van der Waals surface area contributed by atoms with E-state index in [9.17, 15) is 5.11 Å². The van der Waals surface area contributed by atoms with E-state index in [0.29, 0.717) is 5.41 Å². The van der Waals surface area contributed by atoms with Crippen LogP contribution in [-0.4, -0.2) is 27.8 Å². The smallest absolute Gasteiger partial charge is 0.134 e. The van der Waals surface area contributed by atoms with Crippen LogP contribution in [0.25, 0.3) is 0 Å². The van der Waals surface area contributed by atoms with Crippen molar-refractivity contribution in [3.8, 4) is 0 Å². The van der Waals surface area contributed by atoms with Crippen molar-refractivity contribution in [2.45, 2.75) is 57.7 Å². The Morgan fingerprint density at radius 1 is 1.29 bits per heavy atom. The Bertz CT molecular complexity index is 709. The molecule has 5 nitrogen and oxygen atoms in total. The van der Waals surface area contributed by atoms with Gasteiger partial charge in [-0.05, 0) is 80.1 Å². The Kier molecular flexibility index (Phi) is 2.63. The molecule has 2 heterocycles. The molecule has 1 aromatic heterocycles. The molecule has 0 radical (unpaired) electrons. The molecule has 6 atom stereocenters. The van der Waals surface area contributed by atoms with Crippen LogP contribution in [0, 0.1) is 28.6 Å². The van der Waals surface area contributed by atoms with E-state index in [1.165, 1.54) is 37.7 Å². The number of hydrogen-bond acceptors (Lipinski definition) is 5. The summed E-state index contributed by atoms with van der Waals surface area (Å²) in [5.41, 5.74) is 3.42. The molecular weight excluding hydrogens is 300 g/mol. The molecule has 4 saturated carbocycles. The second-order valence-corrected chi connectivity index (χ2v) is 9.20. The van der Waals surface area contributed by atoms with Gasteiger partial charge in [0.05, 0.1) is 5.69 Å². The third kappa shape index (κ3) is 1.83. The van der Waals surface area contributed by atoms with E-state index < -0.39 is 6.23 Å². The van der Waals surface area contributed by atoms with Crippen LogP contribution in [-0.2, 0) is 13.0 Å². The first-order valence-electron chi connectivity index (χ1n) is 9.67. The molecule has 5 heteroatoms. The number of nitrogens with zero attached hydrogens (tertiary/aromatic N) is 2. The number of aliphatic hydroxyl groups excluding tert-OH is 1. The minimum absolute atomic E-state index is 0.440. The first-order valence-corrected chi connectivity index (χ1v) is 9.67. The summed E-state index contributed by atoms with van der Waals surface area (Å²) in [6, 6.07) is 0. The molecule has 24 heavy (non-hydrogen) atoms. The summed E-state index contributed by atoms with van der Waals surface area (Å²) in [5, 5.41) is 17.4. The lowest BCUT2D eigenvalue weighted by Crippen LogP contribution is -2.31. The molecule has 4 aliphatic carbocycles. The highest BCUT2D eigenvalue weighted by atomic mass is 16.3. The van der Waals surface area contributed by atoms with Gasteiger partial charge >= 0.3 is 0 Å². The van der Waals surface area contributed by atoms with Gasteiger partial charge in [0.2, 0.25) is 0 Å². The number of hydrogen-bond donors (Lipinski definition) is 3. The van der Waals surface area contributed by atoms with Crippen molar-refractivity contribution in [2.75, 3.05) is 11.9 Å². The lowest BCUT2D eigenvalue weighted by molar-refractivity contribution is 0.115. The molecule has 4 fully saturated rings. The molecule has 5 aliphatic rings. The summed E-state index contributed by atoms with van der Waals surface area (Å²) in [6.07, 6.45) is 10.2. The number of rotatable bonds is 4. The Morgan fingerprint density at radius 3 is 3.21 bits per heavy atom. The predicted molar refractivity (Wildman–Crippen MR) is 90.1 cm³/mol. The van der Waals surface area contributed by atoms with Crippen molar-refractivity contribution in [3.05, 3.63) is 17.6 Å². The Morgan fingerprint density at radius 2 is 2.25 bits per heavy atom. The fraction of sp³-hybridized carbons (Fsp3) is 0.789. The third-order valence-electron chi connectivity index (χ3n) is 7.93. The van der Waals surface area contributed by atoms with E-state index in [1.807, 2.05) is 0 Å². The summed E-state index contributed by atoms with van der Waals surface area (Å²) < 4.78 is 0. The molecular formula is C19H26N4O. The lowest BCUT2D eigenvalue weighted by atomic mass is 9.75. The van der Waals surface area contributed by atoms with Crippen LogP contribution in [0.15, 0.2) is 6.33 Å². The fourth-order valence-corrected chi connectivity index (χ4v) is 6.99. The molecule has 1 aromatic rings. The zero-order chi connectivity index (χ0) is 15.9. The van der Waals surface area contributed by atoms with Crippen molar-refractivity contribution < 1.29 is 5.11 Å². The molecule has 5 unspecified atom stereocenters. The van der Waals surface area contributed by atoms with Gasteiger partial charge in [-0.2, -0.15) is 0 Å². The van der Waals surface area contributed by atoms with Crippen LogP contribution >= 0.6 is 0 Å². The molecule has 1 spiro atoms. The third-order valence-corrected chi connectivity index (χ3v) is 7.93. The maximum Gasteiger partial charge on any atom is 0.134 e. The van der Waals surface area contributed by atoms with Crippen LogP contribution < -0.4 is 10.6 Å². The highest BCUT2D eigenvalue weighted by Crippen LogP contribution is 2.85. The zero-order valence-electron chi connectivity index (χ0n) is 14.1. The van der Waals surface area contributed by atoms with Gasteiger partial charge in [-0.15, -0.1) is 0 Å². The van der Waals surface area contributed by atoms with Crippen molar-refractivity contribution in [2.24, 2.45) is 28.6 Å². The first kappa shape index (κ1) is 14.0. The number of fused-ring (bicyclic) bond motifs is 3. The molecule has 128 valence electrons. The van der Waals surface area contributed by atoms with E-state index >= 15 is 0 Å². The molecule has 3 N–H and O–H groups in total. The van der Waals surface area contributed by atoms with Crippen molar-refractivity contribution in [1.82, 2.24) is 15.3 Å². The maximum absolute atomic E-state index is 10.8. The van der Waals surface area contributed by atoms with Gasteiger partial charge in [0, 0.05) is 12.1 Å². The SMILES string of the molecule is OC(CC12CC3C[C@H]4CC4(C3)C1C2)Nc1ncnc2c1CCNC2. The van der Waals surface area contributed by atoms with Gasteiger partial charge in [0.15, 0.2) is 0 Å². The summed E-state index contributed by atoms with van der Waals surface area (Å²) in [5.74, 6) is 3.76. The largest absolute Gasteiger partial charge is 0.374 e. The predicted octanol–water partition coefficient (Wildman–Crippen LogP) is 2.07. The second kappa shape index (κ2) is 4.50. The first-order chi connectivity index (χ1) is 11.7. The summed E-state index contributed by atoms with van der Waals surface area (Å²) in [6.45, 7) is 1.77. The van der Waals surface area contributed by atoms with E-state index in [0.717, 1.165) is 60.6 Å². The lowest BCUT2D eigenvalue weighted by Gasteiger charge is -2.32. The standard InChI is InChI=1S/C19H26N4O/c24-16(23-17-13-1-2-20-9-14(13)21-10-22-17)8-18-4-11-3-12-6-19(12,5-11)15(18)7-18/h10-12,15-16,20,24H,1-9H2,(H,21,22,23)/t11?,12-,15?,16?,18?,19?/m0/s1. The second-order valence-electron chi connectivity index (χ2n) is 9.20. The van der Waals surface area contributed by atoms with Crippen LogP contribution in [0.2, 0.25) is 0 Å². The quantitative estimate of drug-likeness (QED) is 0.739. The van der Waals surface area contributed by atoms with Crippen LogP contribution in [0.4, 0.5) is 5.82 Å². The summed E-state index contributed by atoms with van der Waals surface area (Å²) in [4.78, 5) is 8.79. The minimum Gasteiger partial charge on any atom is -0.374 e. The van der Waals surface area contributed by atoms with Gasteiger partial charge in [0.25, 0.3) is 0 Å².